The number of halogens is 3. The normalized spacial score (nSPS) is 15.5. The van der Waals surface area contributed by atoms with Gasteiger partial charge in [0.25, 0.3) is 5.91 Å². The number of hydrogen-bond donors (Lipinski definition) is 1. The summed E-state index contributed by atoms with van der Waals surface area (Å²) in [5.74, 6) is -0.817. The molecule has 3 heterocycles. The van der Waals surface area contributed by atoms with Crippen LogP contribution in [-0.2, 0) is 18.0 Å². The lowest BCUT2D eigenvalue weighted by molar-refractivity contribution is -0.141. The van der Waals surface area contributed by atoms with Gasteiger partial charge in [-0.15, -0.1) is 0 Å². The lowest BCUT2D eigenvalue weighted by Crippen LogP contribution is -2.42. The third-order valence-corrected chi connectivity index (χ3v) is 4.64. The lowest BCUT2D eigenvalue weighted by Gasteiger charge is -2.31. The average molecular weight is 395 g/mol. The number of carbonyl (C=O) groups is 2. The second-order valence-corrected chi connectivity index (χ2v) is 6.84. The minimum Gasteiger partial charge on any atom is -0.338 e. The van der Waals surface area contributed by atoms with E-state index in [-0.39, 0.29) is 24.9 Å². The van der Waals surface area contributed by atoms with Crippen molar-refractivity contribution in [1.82, 2.24) is 19.7 Å². The minimum absolute atomic E-state index is 0.199. The van der Waals surface area contributed by atoms with Gasteiger partial charge < -0.3 is 10.2 Å². The fraction of sp³-hybridized carbons (Fsp3) is 0.444. The summed E-state index contributed by atoms with van der Waals surface area (Å²) in [5, 5.41) is 6.10. The van der Waals surface area contributed by atoms with Crippen molar-refractivity contribution in [1.29, 1.82) is 0 Å². The van der Waals surface area contributed by atoms with Gasteiger partial charge in [0.1, 0.15) is 5.82 Å². The summed E-state index contributed by atoms with van der Waals surface area (Å²) in [6.45, 7) is 2.28. The number of alkyl halides is 3. The van der Waals surface area contributed by atoms with Crippen molar-refractivity contribution < 1.29 is 22.8 Å². The summed E-state index contributed by atoms with van der Waals surface area (Å²) in [6.07, 6.45) is -1.25. The molecule has 0 spiro atoms. The maximum absolute atomic E-state index is 13.1. The quantitative estimate of drug-likeness (QED) is 0.867. The molecular weight excluding hydrogens is 375 g/mol. The summed E-state index contributed by atoms with van der Waals surface area (Å²) in [4.78, 5) is 30.4. The minimum atomic E-state index is -4.70. The van der Waals surface area contributed by atoms with E-state index in [1.165, 1.54) is 11.9 Å². The van der Waals surface area contributed by atoms with Gasteiger partial charge in [-0.2, -0.15) is 18.3 Å². The molecule has 2 amide bonds. The van der Waals surface area contributed by atoms with E-state index in [4.69, 9.17) is 0 Å². The molecule has 1 fully saturated rings. The standard InChI is InChI=1S/C18H20F3N5O2/c1-11-3-4-14(22-9-11)23-16(27)12-5-7-26(8-6-12)17(28)13-10-25(2)24-15(13)18(19,20)21/h3-4,9-10,12H,5-8H2,1-2H3,(H,22,23,27). The number of rotatable bonds is 3. The van der Waals surface area contributed by atoms with Gasteiger partial charge >= 0.3 is 6.18 Å². The van der Waals surface area contributed by atoms with E-state index in [9.17, 15) is 22.8 Å². The number of likely N-dealkylation sites (tertiary alicyclic amines) is 1. The fourth-order valence-electron chi connectivity index (χ4n) is 3.14. The number of nitrogens with one attached hydrogen (secondary N) is 1. The first-order valence-electron chi connectivity index (χ1n) is 8.79. The summed E-state index contributed by atoms with van der Waals surface area (Å²) in [6, 6.07) is 3.53. The Hall–Kier alpha value is -2.91. The predicted molar refractivity (Wildman–Crippen MR) is 94.4 cm³/mol. The van der Waals surface area contributed by atoms with Gasteiger partial charge in [0.05, 0.1) is 5.56 Å². The third kappa shape index (κ3) is 4.32. The van der Waals surface area contributed by atoms with E-state index < -0.39 is 23.3 Å². The Morgan fingerprint density at radius 3 is 2.46 bits per heavy atom. The zero-order valence-corrected chi connectivity index (χ0v) is 15.5. The van der Waals surface area contributed by atoms with Crippen LogP contribution in [0.3, 0.4) is 0 Å². The SMILES string of the molecule is Cc1ccc(NC(=O)C2CCN(C(=O)c3cn(C)nc3C(F)(F)F)CC2)nc1. The second-order valence-electron chi connectivity index (χ2n) is 6.84. The molecule has 1 aliphatic heterocycles. The van der Waals surface area contributed by atoms with E-state index in [1.807, 2.05) is 13.0 Å². The van der Waals surface area contributed by atoms with E-state index in [0.717, 1.165) is 16.4 Å². The van der Waals surface area contributed by atoms with E-state index in [0.29, 0.717) is 18.7 Å². The van der Waals surface area contributed by atoms with Crippen LogP contribution in [0.5, 0.6) is 0 Å². The Bertz CT molecular complexity index is 868. The average Bonchev–Trinajstić information content (AvgIpc) is 3.05. The summed E-state index contributed by atoms with van der Waals surface area (Å²) >= 11 is 0. The second kappa shape index (κ2) is 7.61. The first-order chi connectivity index (χ1) is 13.1. The van der Waals surface area contributed by atoms with Crippen molar-refractivity contribution in [2.75, 3.05) is 18.4 Å². The molecule has 0 unspecified atom stereocenters. The lowest BCUT2D eigenvalue weighted by atomic mass is 9.95. The highest BCUT2D eigenvalue weighted by molar-refractivity contribution is 5.96. The van der Waals surface area contributed by atoms with Gasteiger partial charge in [-0.3, -0.25) is 14.3 Å². The van der Waals surface area contributed by atoms with Crippen molar-refractivity contribution in [3.05, 3.63) is 41.3 Å². The monoisotopic (exact) mass is 395 g/mol. The molecule has 7 nitrogen and oxygen atoms in total. The van der Waals surface area contributed by atoms with Crippen LogP contribution in [0.4, 0.5) is 19.0 Å². The van der Waals surface area contributed by atoms with Gasteiger partial charge in [-0.1, -0.05) is 6.07 Å². The van der Waals surface area contributed by atoms with Crippen LogP contribution in [0, 0.1) is 12.8 Å². The molecule has 1 aliphatic rings. The number of aromatic nitrogens is 3. The van der Waals surface area contributed by atoms with Gasteiger partial charge in [-0.25, -0.2) is 4.98 Å². The van der Waals surface area contributed by atoms with Gasteiger partial charge in [0.15, 0.2) is 5.69 Å². The molecule has 0 aromatic carbocycles. The number of carbonyl (C=O) groups excluding carboxylic acids is 2. The molecule has 0 radical (unpaired) electrons. The van der Waals surface area contributed by atoms with Crippen LogP contribution in [0.1, 0.15) is 34.5 Å². The molecule has 150 valence electrons. The van der Waals surface area contributed by atoms with Crippen LogP contribution in [0.25, 0.3) is 0 Å². The molecule has 1 N–H and O–H groups in total. The predicted octanol–water partition coefficient (Wildman–Crippen LogP) is 2.63. The molecule has 3 rings (SSSR count). The molecule has 0 aliphatic carbocycles. The first-order valence-corrected chi connectivity index (χ1v) is 8.79. The molecule has 1 saturated heterocycles. The third-order valence-electron chi connectivity index (χ3n) is 4.64. The molecule has 28 heavy (non-hydrogen) atoms. The highest BCUT2D eigenvalue weighted by Gasteiger charge is 2.40. The van der Waals surface area contributed by atoms with Crippen LogP contribution in [0.15, 0.2) is 24.5 Å². The molecule has 0 atom stereocenters. The Kier molecular flexibility index (Phi) is 5.39. The highest BCUT2D eigenvalue weighted by atomic mass is 19.4. The summed E-state index contributed by atoms with van der Waals surface area (Å²) in [7, 11) is 1.34. The Balaban J connectivity index is 1.61. The maximum Gasteiger partial charge on any atom is 0.435 e. The molecule has 2 aromatic rings. The van der Waals surface area contributed by atoms with Crippen molar-refractivity contribution >= 4 is 17.6 Å². The molecular formula is C18H20F3N5O2. The van der Waals surface area contributed by atoms with Crippen LogP contribution >= 0.6 is 0 Å². The van der Waals surface area contributed by atoms with E-state index >= 15 is 0 Å². The zero-order valence-electron chi connectivity index (χ0n) is 15.5. The summed E-state index contributed by atoms with van der Waals surface area (Å²) < 4.78 is 40.2. The van der Waals surface area contributed by atoms with Gasteiger partial charge in [0.2, 0.25) is 5.91 Å². The molecule has 2 aromatic heterocycles. The maximum atomic E-state index is 13.1. The van der Waals surface area contributed by atoms with Crippen LogP contribution in [0.2, 0.25) is 0 Å². The molecule has 10 heteroatoms. The zero-order chi connectivity index (χ0) is 20.5. The molecule has 0 saturated carbocycles. The van der Waals surface area contributed by atoms with E-state index in [1.54, 1.807) is 12.3 Å². The first kappa shape index (κ1) is 19.8. The fourth-order valence-corrected chi connectivity index (χ4v) is 3.14. The van der Waals surface area contributed by atoms with Crippen molar-refractivity contribution in [3.8, 4) is 0 Å². The Morgan fingerprint density at radius 1 is 1.21 bits per heavy atom. The van der Waals surface area contributed by atoms with Crippen molar-refractivity contribution in [2.24, 2.45) is 13.0 Å². The van der Waals surface area contributed by atoms with Gasteiger partial charge in [-0.05, 0) is 31.4 Å². The van der Waals surface area contributed by atoms with E-state index in [2.05, 4.69) is 15.4 Å². The van der Waals surface area contributed by atoms with Gasteiger partial charge in [0, 0.05) is 38.4 Å². The van der Waals surface area contributed by atoms with Crippen molar-refractivity contribution in [3.63, 3.8) is 0 Å². The smallest absolute Gasteiger partial charge is 0.338 e. The number of hydrogen-bond acceptors (Lipinski definition) is 4. The highest BCUT2D eigenvalue weighted by Crippen LogP contribution is 2.32. The largest absolute Gasteiger partial charge is 0.435 e. The molecule has 0 bridgehead atoms. The number of nitrogens with zero attached hydrogens (tertiary/aromatic N) is 4. The Morgan fingerprint density at radius 2 is 1.89 bits per heavy atom. The van der Waals surface area contributed by atoms with Crippen molar-refractivity contribution in [2.45, 2.75) is 25.9 Å². The number of pyridine rings is 1. The summed E-state index contributed by atoms with van der Waals surface area (Å²) in [5.41, 5.74) is -0.689. The van der Waals surface area contributed by atoms with Crippen LogP contribution in [-0.4, -0.2) is 44.6 Å². The van der Waals surface area contributed by atoms with Crippen LogP contribution < -0.4 is 5.32 Å². The number of aryl methyl sites for hydroxylation is 2. The number of anilines is 1. The topological polar surface area (TPSA) is 80.1 Å². The number of piperidine rings is 1. The Labute approximate surface area is 159 Å². The number of amides is 2.